The molecule has 2 N–H and O–H groups in total. The minimum Gasteiger partial charge on any atom is -0.438 e. The number of halogens is 3. The summed E-state index contributed by atoms with van der Waals surface area (Å²) in [5.74, 6) is -0.127. The molecule has 2 aromatic heterocycles. The lowest BCUT2D eigenvalue weighted by Crippen LogP contribution is -2.40. The van der Waals surface area contributed by atoms with E-state index in [1.54, 1.807) is 4.90 Å². The zero-order chi connectivity index (χ0) is 26.7. The van der Waals surface area contributed by atoms with Crippen molar-refractivity contribution in [3.63, 3.8) is 0 Å². The maximum absolute atomic E-state index is 14.0. The molecular formula is C25H24F3N7O3. The molecule has 4 heterocycles. The van der Waals surface area contributed by atoms with Gasteiger partial charge < -0.3 is 20.1 Å². The van der Waals surface area contributed by atoms with Gasteiger partial charge in [-0.3, -0.25) is 4.90 Å². The van der Waals surface area contributed by atoms with Crippen molar-refractivity contribution in [3.8, 4) is 11.3 Å². The highest BCUT2D eigenvalue weighted by Crippen LogP contribution is 2.62. The molecule has 198 valence electrons. The number of nitrogen functional groups attached to an aromatic ring is 1. The number of nitrogens with zero attached hydrogens (tertiary/aromatic N) is 6. The van der Waals surface area contributed by atoms with Crippen LogP contribution in [-0.4, -0.2) is 57.9 Å². The van der Waals surface area contributed by atoms with E-state index in [4.69, 9.17) is 15.2 Å². The number of benzene rings is 1. The second kappa shape index (κ2) is 8.79. The molecule has 10 nitrogen and oxygen atoms in total. The lowest BCUT2D eigenvalue weighted by Gasteiger charge is -2.29. The number of carbonyl (C=O) groups is 1. The van der Waals surface area contributed by atoms with Gasteiger partial charge in [-0.2, -0.15) is 18.2 Å². The molecular weight excluding hydrogens is 503 g/mol. The van der Waals surface area contributed by atoms with E-state index in [0.29, 0.717) is 32.7 Å². The molecule has 2 aliphatic heterocycles. The standard InChI is InChI=1S/C25H24F3N7O3/c1-14-12-24(14)20(15-5-3-2-4-6-15)38-23(36)35(24)18-11-17(31-22(32-18)34-7-9-37-10-8-34)16-13-30-21(29)33-19(16)25(26,27)28/h2-6,11,13-14,20H,7-10,12H2,1H3,(H2,29,30,33)/t14-,20?,24?/m1/s1. The van der Waals surface area contributed by atoms with Crippen molar-refractivity contribution in [1.29, 1.82) is 0 Å². The molecule has 2 unspecified atom stereocenters. The lowest BCUT2D eigenvalue weighted by atomic mass is 9.98. The SMILES string of the molecule is C[C@@H]1CC12C(c1ccccc1)OC(=O)N2c1cc(-c2cnc(N)nc2C(F)(F)F)nc(N2CCOCC2)n1. The molecule has 3 aromatic rings. The van der Waals surface area contributed by atoms with Gasteiger partial charge in [-0.1, -0.05) is 37.3 Å². The van der Waals surface area contributed by atoms with E-state index in [1.165, 1.54) is 11.0 Å². The summed E-state index contributed by atoms with van der Waals surface area (Å²) in [6.45, 7) is 3.69. The molecule has 1 saturated carbocycles. The van der Waals surface area contributed by atoms with Crippen LogP contribution in [0.4, 0.5) is 35.7 Å². The van der Waals surface area contributed by atoms with Crippen molar-refractivity contribution in [1.82, 2.24) is 19.9 Å². The maximum Gasteiger partial charge on any atom is 0.434 e. The van der Waals surface area contributed by atoms with E-state index in [9.17, 15) is 18.0 Å². The van der Waals surface area contributed by atoms with Gasteiger partial charge in [-0.15, -0.1) is 0 Å². The average molecular weight is 528 g/mol. The summed E-state index contributed by atoms with van der Waals surface area (Å²) < 4.78 is 53.1. The molecule has 0 bridgehead atoms. The zero-order valence-corrected chi connectivity index (χ0v) is 20.4. The van der Waals surface area contributed by atoms with Gasteiger partial charge in [0.2, 0.25) is 11.9 Å². The highest BCUT2D eigenvalue weighted by molar-refractivity contribution is 5.93. The summed E-state index contributed by atoms with van der Waals surface area (Å²) in [7, 11) is 0. The first-order chi connectivity index (χ1) is 18.2. The minimum atomic E-state index is -4.81. The molecule has 3 aliphatic rings. The third-order valence-electron chi connectivity index (χ3n) is 7.28. The summed E-state index contributed by atoms with van der Waals surface area (Å²) in [5.41, 5.74) is 3.92. The number of carbonyl (C=O) groups excluding carboxylic acids is 1. The van der Waals surface area contributed by atoms with Gasteiger partial charge >= 0.3 is 12.3 Å². The Balaban J connectivity index is 1.51. The molecule has 1 amide bonds. The van der Waals surface area contributed by atoms with Crippen molar-refractivity contribution >= 4 is 23.8 Å². The van der Waals surface area contributed by atoms with Gasteiger partial charge in [-0.25, -0.2) is 19.7 Å². The first-order valence-corrected chi connectivity index (χ1v) is 12.2. The molecule has 0 radical (unpaired) electrons. The fourth-order valence-corrected chi connectivity index (χ4v) is 5.32. The van der Waals surface area contributed by atoms with E-state index in [0.717, 1.165) is 11.8 Å². The van der Waals surface area contributed by atoms with Gasteiger partial charge in [0.05, 0.1) is 24.4 Å². The molecule has 13 heteroatoms. The predicted octanol–water partition coefficient (Wildman–Crippen LogP) is 3.85. The molecule has 1 aliphatic carbocycles. The minimum absolute atomic E-state index is 0.0648. The average Bonchev–Trinajstić information content (AvgIpc) is 3.47. The van der Waals surface area contributed by atoms with E-state index < -0.39 is 35.6 Å². The summed E-state index contributed by atoms with van der Waals surface area (Å²) in [6.07, 6.45) is -4.35. The van der Waals surface area contributed by atoms with Crippen LogP contribution >= 0.6 is 0 Å². The number of aromatic nitrogens is 4. The largest absolute Gasteiger partial charge is 0.438 e. The van der Waals surface area contributed by atoms with Gasteiger partial charge in [0.25, 0.3) is 0 Å². The third-order valence-corrected chi connectivity index (χ3v) is 7.28. The Labute approximate surface area is 215 Å². The summed E-state index contributed by atoms with van der Waals surface area (Å²) >= 11 is 0. The van der Waals surface area contributed by atoms with Gasteiger partial charge in [0.1, 0.15) is 5.82 Å². The van der Waals surface area contributed by atoms with Crippen LogP contribution in [0.5, 0.6) is 0 Å². The predicted molar refractivity (Wildman–Crippen MR) is 130 cm³/mol. The number of amides is 1. The Bertz CT molecular complexity index is 1380. The third kappa shape index (κ3) is 3.97. The molecule has 1 aromatic carbocycles. The van der Waals surface area contributed by atoms with Gasteiger partial charge in [-0.05, 0) is 17.9 Å². The van der Waals surface area contributed by atoms with Crippen molar-refractivity contribution in [2.45, 2.75) is 31.2 Å². The van der Waals surface area contributed by atoms with Crippen LogP contribution in [0, 0.1) is 5.92 Å². The summed E-state index contributed by atoms with van der Waals surface area (Å²) in [5, 5.41) is 0. The van der Waals surface area contributed by atoms with Crippen LogP contribution in [0.2, 0.25) is 0 Å². The highest BCUT2D eigenvalue weighted by Gasteiger charge is 2.69. The smallest absolute Gasteiger partial charge is 0.434 e. The molecule has 3 atom stereocenters. The number of ether oxygens (including phenoxy) is 2. The topological polar surface area (TPSA) is 120 Å². The van der Waals surface area contributed by atoms with E-state index in [2.05, 4.69) is 19.9 Å². The quantitative estimate of drug-likeness (QED) is 0.540. The Morgan fingerprint density at radius 3 is 2.47 bits per heavy atom. The second-order valence-corrected chi connectivity index (χ2v) is 9.61. The Morgan fingerprint density at radius 2 is 1.82 bits per heavy atom. The van der Waals surface area contributed by atoms with Gasteiger partial charge in [0.15, 0.2) is 11.8 Å². The first-order valence-electron chi connectivity index (χ1n) is 12.2. The molecule has 2 saturated heterocycles. The van der Waals surface area contributed by atoms with Crippen LogP contribution < -0.4 is 15.5 Å². The number of rotatable bonds is 4. The molecule has 6 rings (SSSR count). The van der Waals surface area contributed by atoms with Crippen molar-refractivity contribution in [3.05, 3.63) is 53.9 Å². The van der Waals surface area contributed by atoms with Crippen LogP contribution in [0.15, 0.2) is 42.6 Å². The van der Waals surface area contributed by atoms with Crippen LogP contribution in [0.25, 0.3) is 11.3 Å². The Hall–Kier alpha value is -4.00. The summed E-state index contributed by atoms with van der Waals surface area (Å²) in [6, 6.07) is 10.7. The number of alkyl halides is 3. The number of hydrogen-bond donors (Lipinski definition) is 1. The normalized spacial score (nSPS) is 25.1. The number of anilines is 3. The molecule has 3 fully saturated rings. The Kier molecular flexibility index (Phi) is 5.63. The monoisotopic (exact) mass is 527 g/mol. The van der Waals surface area contributed by atoms with Crippen LogP contribution in [-0.2, 0) is 15.7 Å². The maximum atomic E-state index is 14.0. The van der Waals surface area contributed by atoms with Crippen molar-refractivity contribution in [2.24, 2.45) is 5.92 Å². The number of cyclic esters (lactones) is 1. The first kappa shape index (κ1) is 24.3. The number of morpholine rings is 1. The molecule has 1 spiro atoms. The second-order valence-electron chi connectivity index (χ2n) is 9.61. The lowest BCUT2D eigenvalue weighted by molar-refractivity contribution is -0.140. The van der Waals surface area contributed by atoms with E-state index in [-0.39, 0.29) is 28.9 Å². The van der Waals surface area contributed by atoms with Gasteiger partial charge in [0, 0.05) is 30.9 Å². The number of nitrogens with two attached hydrogens (primary N) is 1. The molecule has 38 heavy (non-hydrogen) atoms. The van der Waals surface area contributed by atoms with Crippen LogP contribution in [0.1, 0.15) is 30.7 Å². The zero-order valence-electron chi connectivity index (χ0n) is 20.4. The highest BCUT2D eigenvalue weighted by atomic mass is 19.4. The van der Waals surface area contributed by atoms with Crippen molar-refractivity contribution < 1.29 is 27.4 Å². The Morgan fingerprint density at radius 1 is 1.11 bits per heavy atom. The number of hydrogen-bond acceptors (Lipinski definition) is 9. The fourth-order valence-electron chi connectivity index (χ4n) is 5.32. The van der Waals surface area contributed by atoms with Crippen molar-refractivity contribution in [2.75, 3.05) is 41.8 Å². The van der Waals surface area contributed by atoms with E-state index in [1.807, 2.05) is 37.3 Å². The van der Waals surface area contributed by atoms with Crippen LogP contribution in [0.3, 0.4) is 0 Å². The van der Waals surface area contributed by atoms with E-state index >= 15 is 0 Å². The summed E-state index contributed by atoms with van der Waals surface area (Å²) in [4.78, 5) is 33.0. The fraction of sp³-hybridized carbons (Fsp3) is 0.400.